The molecule has 1 aliphatic heterocycles. The predicted molar refractivity (Wildman–Crippen MR) is 57.8 cm³/mol. The molecule has 1 aliphatic rings. The average molecular weight is 312 g/mol. The molecular weight excluding hydrogens is 287 g/mol. The zero-order valence-corrected chi connectivity index (χ0v) is 12.2. The summed E-state index contributed by atoms with van der Waals surface area (Å²) in [5, 5.41) is 0. The fraction of sp³-hybridized carbons (Fsp3) is 1.00. The molecule has 0 amide bonds. The fourth-order valence-electron chi connectivity index (χ4n) is 1.98. The highest BCUT2D eigenvalue weighted by molar-refractivity contribution is 4.68. The Morgan fingerprint density at radius 3 is 2.07 bits per heavy atom. The molecule has 1 atom stereocenters. The van der Waals surface area contributed by atoms with Crippen LogP contribution in [-0.4, -0.2) is 55.2 Å². The Morgan fingerprint density at radius 2 is 1.71 bits per heavy atom. The lowest BCUT2D eigenvalue weighted by atomic mass is 10.1. The lowest BCUT2D eigenvalue weighted by Gasteiger charge is -2.43. The number of halogens is 1. The molecule has 0 N–H and O–H groups in total. The number of nitrogens with zero attached hydrogens (tertiary/aromatic N) is 2. The predicted octanol–water partition coefficient (Wildman–Crippen LogP) is -1.43. The summed E-state index contributed by atoms with van der Waals surface area (Å²) in [6, 6.07) is 0.783. The third-order valence-electron chi connectivity index (χ3n) is 3.83. The van der Waals surface area contributed by atoms with Gasteiger partial charge in [0.2, 0.25) is 0 Å². The van der Waals surface area contributed by atoms with E-state index in [1.54, 1.807) is 0 Å². The molecule has 0 spiro atoms. The van der Waals surface area contributed by atoms with Crippen molar-refractivity contribution in [1.82, 2.24) is 4.90 Å². The Kier molecular flexibility index (Phi) is 6.57. The van der Waals surface area contributed by atoms with Crippen LogP contribution < -0.4 is 24.0 Å². The number of quaternary nitrogens is 1. The molecule has 3 heteroatoms. The maximum Gasteiger partial charge on any atom is 0.0914 e. The van der Waals surface area contributed by atoms with Crippen molar-refractivity contribution in [2.45, 2.75) is 33.2 Å². The lowest BCUT2D eigenvalue weighted by molar-refractivity contribution is -0.912. The average Bonchev–Trinajstić information content (AvgIpc) is 2.18. The van der Waals surface area contributed by atoms with Crippen LogP contribution >= 0.6 is 0 Å². The second-order valence-corrected chi connectivity index (χ2v) is 4.68. The Morgan fingerprint density at radius 1 is 1.21 bits per heavy atom. The van der Waals surface area contributed by atoms with Crippen molar-refractivity contribution < 1.29 is 28.5 Å². The Bertz CT molecular complexity index is 153. The number of piperazine rings is 1. The van der Waals surface area contributed by atoms with Gasteiger partial charge in [0.15, 0.2) is 0 Å². The van der Waals surface area contributed by atoms with E-state index in [1.807, 2.05) is 0 Å². The molecule has 0 radical (unpaired) electrons. The Balaban J connectivity index is 0.00000169. The van der Waals surface area contributed by atoms with Crippen LogP contribution in [-0.2, 0) is 0 Å². The molecule has 0 aromatic rings. The van der Waals surface area contributed by atoms with Crippen molar-refractivity contribution in [2.75, 3.05) is 39.8 Å². The van der Waals surface area contributed by atoms with Crippen LogP contribution in [0.25, 0.3) is 0 Å². The van der Waals surface area contributed by atoms with E-state index in [0.29, 0.717) is 0 Å². The molecule has 2 nitrogen and oxygen atoms in total. The van der Waals surface area contributed by atoms with Crippen molar-refractivity contribution in [3.8, 4) is 0 Å². The molecule has 0 aromatic carbocycles. The minimum absolute atomic E-state index is 0. The van der Waals surface area contributed by atoms with Crippen molar-refractivity contribution in [1.29, 1.82) is 0 Å². The number of likely N-dealkylation sites (N-methyl/N-ethyl adjacent to an activating group) is 1. The second-order valence-electron chi connectivity index (χ2n) is 4.68. The van der Waals surface area contributed by atoms with Crippen LogP contribution in [0.5, 0.6) is 0 Å². The van der Waals surface area contributed by atoms with Gasteiger partial charge in [-0.2, -0.15) is 0 Å². The first-order chi connectivity index (χ1) is 6.11. The summed E-state index contributed by atoms with van der Waals surface area (Å²) in [4.78, 5) is 2.63. The highest BCUT2D eigenvalue weighted by Crippen LogP contribution is 2.13. The van der Waals surface area contributed by atoms with E-state index in [-0.39, 0.29) is 24.0 Å². The summed E-state index contributed by atoms with van der Waals surface area (Å²) in [6.45, 7) is 13.5. The van der Waals surface area contributed by atoms with E-state index in [2.05, 4.69) is 32.7 Å². The van der Waals surface area contributed by atoms with Crippen LogP contribution in [0, 0.1) is 0 Å². The first-order valence-corrected chi connectivity index (χ1v) is 5.69. The van der Waals surface area contributed by atoms with Crippen molar-refractivity contribution in [2.24, 2.45) is 0 Å². The minimum atomic E-state index is 0. The molecule has 0 bridgehead atoms. The van der Waals surface area contributed by atoms with Gasteiger partial charge in [0, 0.05) is 19.1 Å². The van der Waals surface area contributed by atoms with E-state index in [1.165, 1.54) is 43.6 Å². The fourth-order valence-corrected chi connectivity index (χ4v) is 1.98. The standard InChI is InChI=1S/C11H25N2.HI/c1-5-11(3)12-7-9-13(4,6-2)10-8-12;/h11H,5-10H2,1-4H3;1H/q+1;/p-1. The monoisotopic (exact) mass is 312 g/mol. The summed E-state index contributed by atoms with van der Waals surface area (Å²) < 4.78 is 1.27. The van der Waals surface area contributed by atoms with Crippen LogP contribution in [0.4, 0.5) is 0 Å². The summed E-state index contributed by atoms with van der Waals surface area (Å²) in [5.74, 6) is 0. The first-order valence-electron chi connectivity index (χ1n) is 5.69. The van der Waals surface area contributed by atoms with Crippen LogP contribution in [0.2, 0.25) is 0 Å². The Hall–Kier alpha value is 0.650. The third-order valence-corrected chi connectivity index (χ3v) is 3.83. The van der Waals surface area contributed by atoms with Gasteiger partial charge >= 0.3 is 0 Å². The summed E-state index contributed by atoms with van der Waals surface area (Å²) in [7, 11) is 2.38. The van der Waals surface area contributed by atoms with Crippen molar-refractivity contribution in [3.63, 3.8) is 0 Å². The maximum atomic E-state index is 2.63. The molecule has 14 heavy (non-hydrogen) atoms. The normalized spacial score (nSPS) is 24.0. The zero-order chi connectivity index (χ0) is 9.90. The van der Waals surface area contributed by atoms with Gasteiger partial charge in [-0.3, -0.25) is 4.90 Å². The molecular formula is C11H25IN2. The topological polar surface area (TPSA) is 3.24 Å². The van der Waals surface area contributed by atoms with Gasteiger partial charge < -0.3 is 28.5 Å². The highest BCUT2D eigenvalue weighted by Gasteiger charge is 2.28. The van der Waals surface area contributed by atoms with E-state index >= 15 is 0 Å². The molecule has 0 saturated carbocycles. The summed E-state index contributed by atoms with van der Waals surface area (Å²) >= 11 is 0. The van der Waals surface area contributed by atoms with Gasteiger partial charge in [0.25, 0.3) is 0 Å². The van der Waals surface area contributed by atoms with Crippen LogP contribution in [0.15, 0.2) is 0 Å². The van der Waals surface area contributed by atoms with Gasteiger partial charge in [-0.1, -0.05) is 6.92 Å². The van der Waals surface area contributed by atoms with Crippen molar-refractivity contribution >= 4 is 0 Å². The van der Waals surface area contributed by atoms with Gasteiger partial charge in [-0.05, 0) is 20.3 Å². The van der Waals surface area contributed by atoms with E-state index in [9.17, 15) is 0 Å². The molecule has 1 heterocycles. The molecule has 1 fully saturated rings. The van der Waals surface area contributed by atoms with Crippen molar-refractivity contribution in [3.05, 3.63) is 0 Å². The minimum Gasteiger partial charge on any atom is -1.00 e. The molecule has 86 valence electrons. The number of rotatable bonds is 3. The van der Waals surface area contributed by atoms with Crippen LogP contribution in [0.1, 0.15) is 27.2 Å². The summed E-state index contributed by atoms with van der Waals surface area (Å²) in [5.41, 5.74) is 0. The van der Waals surface area contributed by atoms with E-state index in [0.717, 1.165) is 6.04 Å². The number of hydrogen-bond donors (Lipinski definition) is 0. The largest absolute Gasteiger partial charge is 1.00 e. The van der Waals surface area contributed by atoms with E-state index < -0.39 is 0 Å². The van der Waals surface area contributed by atoms with E-state index in [4.69, 9.17) is 0 Å². The van der Waals surface area contributed by atoms with Gasteiger partial charge in [0.1, 0.15) is 0 Å². The molecule has 0 aromatic heterocycles. The SMILES string of the molecule is CCC(C)N1CC[N+](C)(CC)CC1.[I-]. The zero-order valence-electron chi connectivity index (χ0n) is 10.1. The maximum absolute atomic E-state index is 2.63. The highest BCUT2D eigenvalue weighted by atomic mass is 127. The van der Waals surface area contributed by atoms with Gasteiger partial charge in [-0.25, -0.2) is 0 Å². The smallest absolute Gasteiger partial charge is 0.0914 e. The molecule has 0 aliphatic carbocycles. The number of hydrogen-bond acceptors (Lipinski definition) is 1. The summed E-state index contributed by atoms with van der Waals surface area (Å²) in [6.07, 6.45) is 1.29. The Labute approximate surface area is 106 Å². The molecule has 1 rings (SSSR count). The quantitative estimate of drug-likeness (QED) is 0.456. The first kappa shape index (κ1) is 14.6. The lowest BCUT2D eigenvalue weighted by Crippen LogP contribution is -3.00. The molecule has 1 saturated heterocycles. The molecule has 1 unspecified atom stereocenters. The third kappa shape index (κ3) is 3.66. The van der Waals surface area contributed by atoms with Crippen LogP contribution in [0.3, 0.4) is 0 Å². The van der Waals surface area contributed by atoms with Gasteiger partial charge in [0.05, 0.1) is 26.7 Å². The second kappa shape index (κ2) is 6.28. The van der Waals surface area contributed by atoms with Gasteiger partial charge in [-0.15, -0.1) is 0 Å².